The molecule has 60 valence electrons. The second kappa shape index (κ2) is 3.77. The first kappa shape index (κ1) is 10.5. The molecule has 0 aromatic heterocycles. The molecule has 0 fully saturated rings. The standard InChI is InChI=1S/C5H7Cl3O2/c1-3(9)2-4(10)5(6,7)8/h4,10H,2H2,1H3. The molecule has 1 N–H and O–H groups in total. The van der Waals surface area contributed by atoms with Crippen molar-refractivity contribution in [3.8, 4) is 0 Å². The lowest BCUT2D eigenvalue weighted by molar-refractivity contribution is -0.118. The molecule has 0 saturated carbocycles. The van der Waals surface area contributed by atoms with Crippen molar-refractivity contribution in [2.45, 2.75) is 23.2 Å². The number of halogens is 3. The van der Waals surface area contributed by atoms with Gasteiger partial charge in [-0.1, -0.05) is 34.8 Å². The van der Waals surface area contributed by atoms with Crippen LogP contribution in [0.5, 0.6) is 0 Å². The summed E-state index contributed by atoms with van der Waals surface area (Å²) < 4.78 is -1.76. The molecule has 0 heterocycles. The number of ketones is 1. The summed E-state index contributed by atoms with van der Waals surface area (Å²) >= 11 is 15.8. The summed E-state index contributed by atoms with van der Waals surface area (Å²) in [5.74, 6) is -0.209. The summed E-state index contributed by atoms with van der Waals surface area (Å²) in [6.07, 6.45) is -1.34. The third kappa shape index (κ3) is 4.34. The number of aliphatic hydroxyl groups excluding tert-OH is 1. The van der Waals surface area contributed by atoms with Gasteiger partial charge in [0.1, 0.15) is 11.9 Å². The quantitative estimate of drug-likeness (QED) is 0.697. The first-order valence-corrected chi connectivity index (χ1v) is 3.71. The SMILES string of the molecule is CC(=O)CC(O)C(Cl)(Cl)Cl. The molecular formula is C5H7Cl3O2. The van der Waals surface area contributed by atoms with Gasteiger partial charge in [0.15, 0.2) is 0 Å². The van der Waals surface area contributed by atoms with Crippen molar-refractivity contribution in [2.75, 3.05) is 0 Å². The van der Waals surface area contributed by atoms with Gasteiger partial charge in [-0.2, -0.15) is 0 Å². The first-order valence-electron chi connectivity index (χ1n) is 2.58. The van der Waals surface area contributed by atoms with E-state index in [1.807, 2.05) is 0 Å². The van der Waals surface area contributed by atoms with E-state index in [1.54, 1.807) is 0 Å². The van der Waals surface area contributed by atoms with Crippen LogP contribution in [0.4, 0.5) is 0 Å². The number of aliphatic hydroxyl groups is 1. The molecule has 5 heteroatoms. The molecule has 1 atom stereocenters. The van der Waals surface area contributed by atoms with Gasteiger partial charge in [0.2, 0.25) is 3.79 Å². The van der Waals surface area contributed by atoms with E-state index in [-0.39, 0.29) is 12.2 Å². The minimum absolute atomic E-state index is 0.128. The Kier molecular flexibility index (Phi) is 3.95. The van der Waals surface area contributed by atoms with Crippen LogP contribution in [-0.2, 0) is 4.79 Å². The van der Waals surface area contributed by atoms with Crippen molar-refractivity contribution < 1.29 is 9.90 Å². The Morgan fingerprint density at radius 2 is 2.00 bits per heavy atom. The monoisotopic (exact) mass is 204 g/mol. The number of hydrogen-bond donors (Lipinski definition) is 1. The molecule has 10 heavy (non-hydrogen) atoms. The molecule has 0 aromatic carbocycles. The fraction of sp³-hybridized carbons (Fsp3) is 0.800. The maximum Gasteiger partial charge on any atom is 0.216 e. The smallest absolute Gasteiger partial charge is 0.216 e. The van der Waals surface area contributed by atoms with Crippen molar-refractivity contribution in [1.29, 1.82) is 0 Å². The fourth-order valence-corrected chi connectivity index (χ4v) is 0.619. The lowest BCUT2D eigenvalue weighted by Gasteiger charge is -2.16. The molecule has 2 nitrogen and oxygen atoms in total. The molecule has 0 aliphatic rings. The molecule has 0 aliphatic heterocycles. The Hall–Kier alpha value is 0.500. The molecule has 0 aliphatic carbocycles. The van der Waals surface area contributed by atoms with Gasteiger partial charge in [-0.15, -0.1) is 0 Å². The summed E-state index contributed by atoms with van der Waals surface area (Å²) in [6.45, 7) is 1.32. The van der Waals surface area contributed by atoms with Gasteiger partial charge in [0, 0.05) is 6.42 Å². The van der Waals surface area contributed by atoms with Crippen LogP contribution in [0.2, 0.25) is 0 Å². The van der Waals surface area contributed by atoms with E-state index >= 15 is 0 Å². The molecule has 0 aromatic rings. The summed E-state index contributed by atoms with van der Waals surface area (Å²) in [7, 11) is 0. The van der Waals surface area contributed by atoms with Crippen LogP contribution in [0.3, 0.4) is 0 Å². The zero-order valence-electron chi connectivity index (χ0n) is 5.27. The lowest BCUT2D eigenvalue weighted by Crippen LogP contribution is -2.27. The number of carbonyl (C=O) groups is 1. The third-order valence-corrected chi connectivity index (χ3v) is 1.61. The van der Waals surface area contributed by atoms with Crippen LogP contribution < -0.4 is 0 Å². The van der Waals surface area contributed by atoms with Crippen LogP contribution >= 0.6 is 34.8 Å². The summed E-state index contributed by atoms with van der Waals surface area (Å²) in [6, 6.07) is 0. The Balaban J connectivity index is 3.85. The van der Waals surface area contributed by atoms with Crippen LogP contribution in [0.1, 0.15) is 13.3 Å². The van der Waals surface area contributed by atoms with Gasteiger partial charge in [-0.05, 0) is 6.92 Å². The molecule has 1 unspecified atom stereocenters. The maximum absolute atomic E-state index is 10.4. The van der Waals surface area contributed by atoms with E-state index in [2.05, 4.69) is 0 Å². The number of Topliss-reactive ketones (excluding diaryl/α,β-unsaturated/α-hetero) is 1. The van der Waals surface area contributed by atoms with Crippen LogP contribution in [0.25, 0.3) is 0 Å². The summed E-state index contributed by atoms with van der Waals surface area (Å²) in [5, 5.41) is 8.94. The predicted octanol–water partition coefficient (Wildman–Crippen LogP) is 1.70. The number of hydrogen-bond acceptors (Lipinski definition) is 2. The van der Waals surface area contributed by atoms with Gasteiger partial charge in [0.25, 0.3) is 0 Å². The number of alkyl halides is 3. The van der Waals surface area contributed by atoms with Crippen molar-refractivity contribution in [1.82, 2.24) is 0 Å². The zero-order chi connectivity index (χ0) is 8.36. The van der Waals surface area contributed by atoms with Crippen LogP contribution in [0, 0.1) is 0 Å². The van der Waals surface area contributed by atoms with Crippen LogP contribution in [0.15, 0.2) is 0 Å². The maximum atomic E-state index is 10.4. The van der Waals surface area contributed by atoms with Crippen molar-refractivity contribution in [2.24, 2.45) is 0 Å². The highest BCUT2D eigenvalue weighted by atomic mass is 35.6. The van der Waals surface area contributed by atoms with Gasteiger partial charge in [0.05, 0.1) is 0 Å². The van der Waals surface area contributed by atoms with Crippen molar-refractivity contribution in [3.05, 3.63) is 0 Å². The van der Waals surface area contributed by atoms with E-state index in [0.29, 0.717) is 0 Å². The van der Waals surface area contributed by atoms with Crippen molar-refractivity contribution >= 4 is 40.6 Å². The Morgan fingerprint density at radius 3 is 2.10 bits per heavy atom. The largest absolute Gasteiger partial charge is 0.388 e. The van der Waals surface area contributed by atoms with Gasteiger partial charge in [-0.3, -0.25) is 4.79 Å². The second-order valence-electron chi connectivity index (χ2n) is 1.96. The topological polar surface area (TPSA) is 37.3 Å². The molecule has 0 radical (unpaired) electrons. The minimum atomic E-state index is -1.76. The molecule has 0 spiro atoms. The molecule has 0 saturated heterocycles. The van der Waals surface area contributed by atoms with E-state index in [4.69, 9.17) is 39.9 Å². The lowest BCUT2D eigenvalue weighted by atomic mass is 10.2. The average molecular weight is 205 g/mol. The highest BCUT2D eigenvalue weighted by molar-refractivity contribution is 6.68. The highest BCUT2D eigenvalue weighted by Gasteiger charge is 2.31. The zero-order valence-corrected chi connectivity index (χ0v) is 7.54. The number of rotatable bonds is 2. The predicted molar refractivity (Wildman–Crippen MR) is 41.6 cm³/mol. The minimum Gasteiger partial charge on any atom is -0.388 e. The molecule has 0 rings (SSSR count). The number of carbonyl (C=O) groups excluding carboxylic acids is 1. The van der Waals surface area contributed by atoms with E-state index in [0.717, 1.165) is 0 Å². The Morgan fingerprint density at radius 1 is 1.60 bits per heavy atom. The van der Waals surface area contributed by atoms with Crippen LogP contribution in [-0.4, -0.2) is 20.8 Å². The van der Waals surface area contributed by atoms with Gasteiger partial charge < -0.3 is 5.11 Å². The van der Waals surface area contributed by atoms with Crippen molar-refractivity contribution in [3.63, 3.8) is 0 Å². The summed E-state index contributed by atoms with van der Waals surface area (Å²) in [5.41, 5.74) is 0. The fourth-order valence-electron chi connectivity index (χ4n) is 0.388. The van der Waals surface area contributed by atoms with Gasteiger partial charge >= 0.3 is 0 Å². The summed E-state index contributed by atoms with van der Waals surface area (Å²) in [4.78, 5) is 10.4. The first-order chi connectivity index (χ1) is 4.34. The van der Waals surface area contributed by atoms with E-state index < -0.39 is 9.90 Å². The molecule has 0 bridgehead atoms. The molecular weight excluding hydrogens is 198 g/mol. The van der Waals surface area contributed by atoms with E-state index in [9.17, 15) is 4.79 Å². The molecule has 0 amide bonds. The second-order valence-corrected chi connectivity index (χ2v) is 4.33. The van der Waals surface area contributed by atoms with Gasteiger partial charge in [-0.25, -0.2) is 0 Å². The average Bonchev–Trinajstić information content (AvgIpc) is 1.60. The van der Waals surface area contributed by atoms with E-state index in [1.165, 1.54) is 6.92 Å². The normalized spacial score (nSPS) is 14.9. The Bertz CT molecular complexity index is 129. The third-order valence-electron chi connectivity index (χ3n) is 0.859. The Labute approximate surface area is 74.1 Å². The highest BCUT2D eigenvalue weighted by Crippen LogP contribution is 2.31.